The summed E-state index contributed by atoms with van der Waals surface area (Å²) in [5.41, 5.74) is 6.75. The molecule has 0 saturated carbocycles. The maximum atomic E-state index is 6.08. The minimum Gasteiger partial charge on any atom is -0.382 e. The van der Waals surface area contributed by atoms with Gasteiger partial charge in [-0.15, -0.1) is 0 Å². The van der Waals surface area contributed by atoms with Gasteiger partial charge >= 0.3 is 0 Å². The van der Waals surface area contributed by atoms with E-state index in [2.05, 4.69) is 20.4 Å². The van der Waals surface area contributed by atoms with Gasteiger partial charge < -0.3 is 11.1 Å². The Kier molecular flexibility index (Phi) is 3.15. The number of halogens is 1. The summed E-state index contributed by atoms with van der Waals surface area (Å²) < 4.78 is 1.64. The number of aromatic nitrogens is 4. The molecule has 1 aromatic carbocycles. The molecule has 102 valence electrons. The lowest BCUT2D eigenvalue weighted by Crippen LogP contribution is -2.10. The quantitative estimate of drug-likeness (QED) is 0.774. The molecular formula is C13H13ClN6. The maximum Gasteiger partial charge on any atom is 0.255 e. The van der Waals surface area contributed by atoms with Crippen molar-refractivity contribution in [2.45, 2.75) is 6.92 Å². The lowest BCUT2D eigenvalue weighted by molar-refractivity contribution is 0.835. The maximum absolute atomic E-state index is 6.08. The van der Waals surface area contributed by atoms with E-state index >= 15 is 0 Å². The van der Waals surface area contributed by atoms with Crippen LogP contribution in [0.5, 0.6) is 0 Å². The molecule has 0 unspecified atom stereocenters. The van der Waals surface area contributed by atoms with Crippen molar-refractivity contribution in [1.82, 2.24) is 19.7 Å². The minimum atomic E-state index is 0.229. The Hall–Kier alpha value is -2.34. The third-order valence-corrected chi connectivity index (χ3v) is 3.25. The summed E-state index contributed by atoms with van der Waals surface area (Å²) in [7, 11) is 0. The van der Waals surface area contributed by atoms with E-state index in [1.807, 2.05) is 31.2 Å². The van der Waals surface area contributed by atoms with Gasteiger partial charge in [0, 0.05) is 11.9 Å². The van der Waals surface area contributed by atoms with Crippen LogP contribution in [-0.2, 0) is 0 Å². The van der Waals surface area contributed by atoms with Crippen LogP contribution in [0, 0.1) is 0 Å². The van der Waals surface area contributed by atoms with Gasteiger partial charge in [0.25, 0.3) is 5.95 Å². The van der Waals surface area contributed by atoms with E-state index in [9.17, 15) is 0 Å². The van der Waals surface area contributed by atoms with Crippen LogP contribution in [0.25, 0.3) is 16.9 Å². The first-order chi connectivity index (χ1) is 9.70. The van der Waals surface area contributed by atoms with Gasteiger partial charge in [0.05, 0.1) is 11.7 Å². The molecule has 3 aromatic rings. The van der Waals surface area contributed by atoms with Crippen LogP contribution in [0.15, 0.2) is 30.5 Å². The van der Waals surface area contributed by atoms with Crippen molar-refractivity contribution in [3.63, 3.8) is 0 Å². The molecule has 0 fully saturated rings. The van der Waals surface area contributed by atoms with Gasteiger partial charge in [-0.1, -0.05) is 29.8 Å². The van der Waals surface area contributed by atoms with E-state index in [1.54, 1.807) is 10.9 Å². The standard InChI is InChI=1S/C13H13ClN6/c1-2-16-12-10(14)11(15)18-13(19-12)20-9-6-4-3-5-8(9)7-17-20/h3-7H,2H2,1H3,(H3,15,16,18,19). The average Bonchev–Trinajstić information content (AvgIpc) is 2.88. The molecule has 0 saturated heterocycles. The molecule has 0 aliphatic heterocycles. The molecule has 0 bridgehead atoms. The number of nitrogen functional groups attached to an aromatic ring is 1. The van der Waals surface area contributed by atoms with Gasteiger partial charge in [0.1, 0.15) is 10.8 Å². The molecule has 0 amide bonds. The monoisotopic (exact) mass is 288 g/mol. The average molecular weight is 289 g/mol. The van der Waals surface area contributed by atoms with Gasteiger partial charge in [0.15, 0.2) is 5.82 Å². The number of anilines is 2. The Bertz CT molecular complexity index is 767. The fourth-order valence-corrected chi connectivity index (χ4v) is 2.11. The molecule has 6 nitrogen and oxygen atoms in total. The van der Waals surface area contributed by atoms with Gasteiger partial charge in [-0.25, -0.2) is 0 Å². The van der Waals surface area contributed by atoms with Crippen LogP contribution in [0.1, 0.15) is 6.92 Å². The van der Waals surface area contributed by atoms with Crippen molar-refractivity contribution in [1.29, 1.82) is 0 Å². The molecular weight excluding hydrogens is 276 g/mol. The summed E-state index contributed by atoms with van der Waals surface area (Å²) >= 11 is 6.08. The highest BCUT2D eigenvalue weighted by molar-refractivity contribution is 6.35. The molecule has 0 radical (unpaired) electrons. The second-order valence-corrected chi connectivity index (χ2v) is 4.59. The first kappa shape index (κ1) is 12.7. The van der Waals surface area contributed by atoms with E-state index in [0.29, 0.717) is 23.3 Å². The second-order valence-electron chi connectivity index (χ2n) is 4.22. The Morgan fingerprint density at radius 2 is 2.10 bits per heavy atom. The van der Waals surface area contributed by atoms with Gasteiger partial charge in [-0.05, 0) is 13.0 Å². The van der Waals surface area contributed by atoms with Crippen LogP contribution in [0.2, 0.25) is 5.02 Å². The number of hydrogen-bond acceptors (Lipinski definition) is 5. The number of nitrogens with zero attached hydrogens (tertiary/aromatic N) is 4. The molecule has 0 spiro atoms. The van der Waals surface area contributed by atoms with E-state index in [1.165, 1.54) is 0 Å². The van der Waals surface area contributed by atoms with Crippen molar-refractivity contribution < 1.29 is 0 Å². The number of benzene rings is 1. The van der Waals surface area contributed by atoms with Crippen molar-refractivity contribution >= 4 is 34.1 Å². The zero-order valence-corrected chi connectivity index (χ0v) is 11.6. The lowest BCUT2D eigenvalue weighted by Gasteiger charge is -2.09. The van der Waals surface area contributed by atoms with E-state index in [-0.39, 0.29) is 5.82 Å². The van der Waals surface area contributed by atoms with Crippen molar-refractivity contribution in [2.24, 2.45) is 0 Å². The topological polar surface area (TPSA) is 81.7 Å². The third kappa shape index (κ3) is 2.04. The van der Waals surface area contributed by atoms with Crippen LogP contribution in [-0.4, -0.2) is 26.3 Å². The molecule has 0 aliphatic rings. The minimum absolute atomic E-state index is 0.229. The van der Waals surface area contributed by atoms with E-state index in [4.69, 9.17) is 17.3 Å². The van der Waals surface area contributed by atoms with Crippen LogP contribution in [0.3, 0.4) is 0 Å². The zero-order valence-electron chi connectivity index (χ0n) is 10.8. The SMILES string of the molecule is CCNc1nc(-n2ncc3ccccc32)nc(N)c1Cl. The number of nitrogens with two attached hydrogens (primary N) is 1. The molecule has 2 heterocycles. The summed E-state index contributed by atoms with van der Waals surface area (Å²) in [6.07, 6.45) is 1.76. The number of rotatable bonds is 3. The van der Waals surface area contributed by atoms with Crippen molar-refractivity contribution in [3.8, 4) is 5.95 Å². The number of hydrogen-bond donors (Lipinski definition) is 2. The third-order valence-electron chi connectivity index (χ3n) is 2.88. The predicted molar refractivity (Wildman–Crippen MR) is 80.2 cm³/mol. The molecule has 3 rings (SSSR count). The first-order valence-corrected chi connectivity index (χ1v) is 6.58. The highest BCUT2D eigenvalue weighted by Crippen LogP contribution is 2.26. The molecule has 20 heavy (non-hydrogen) atoms. The Morgan fingerprint density at radius 3 is 2.90 bits per heavy atom. The van der Waals surface area contributed by atoms with E-state index < -0.39 is 0 Å². The molecule has 0 atom stereocenters. The zero-order chi connectivity index (χ0) is 14.1. The summed E-state index contributed by atoms with van der Waals surface area (Å²) in [5, 5.41) is 8.70. The Morgan fingerprint density at radius 1 is 1.30 bits per heavy atom. The summed E-state index contributed by atoms with van der Waals surface area (Å²) in [6.45, 7) is 2.65. The fraction of sp³-hybridized carbons (Fsp3) is 0.154. The molecule has 0 aliphatic carbocycles. The number of para-hydroxylation sites is 1. The molecule has 7 heteroatoms. The Labute approximate surface area is 120 Å². The predicted octanol–water partition coefficient (Wildman–Crippen LogP) is 2.48. The van der Waals surface area contributed by atoms with Gasteiger partial charge in [0.2, 0.25) is 0 Å². The second kappa shape index (κ2) is 4.97. The van der Waals surface area contributed by atoms with Gasteiger partial charge in [-0.3, -0.25) is 0 Å². The largest absolute Gasteiger partial charge is 0.382 e. The first-order valence-electron chi connectivity index (χ1n) is 6.20. The number of nitrogens with one attached hydrogen (secondary N) is 1. The summed E-state index contributed by atoms with van der Waals surface area (Å²) in [6, 6.07) is 7.81. The lowest BCUT2D eigenvalue weighted by atomic mass is 10.3. The fourth-order valence-electron chi connectivity index (χ4n) is 1.96. The van der Waals surface area contributed by atoms with Crippen molar-refractivity contribution in [3.05, 3.63) is 35.5 Å². The van der Waals surface area contributed by atoms with Crippen molar-refractivity contribution in [2.75, 3.05) is 17.6 Å². The summed E-state index contributed by atoms with van der Waals surface area (Å²) in [5.74, 6) is 1.13. The summed E-state index contributed by atoms with van der Waals surface area (Å²) in [4.78, 5) is 8.59. The van der Waals surface area contributed by atoms with Crippen LogP contribution < -0.4 is 11.1 Å². The smallest absolute Gasteiger partial charge is 0.255 e. The highest BCUT2D eigenvalue weighted by atomic mass is 35.5. The highest BCUT2D eigenvalue weighted by Gasteiger charge is 2.13. The molecule has 3 N–H and O–H groups in total. The Balaban J connectivity index is 2.19. The normalized spacial score (nSPS) is 10.9. The van der Waals surface area contributed by atoms with Crippen LogP contribution in [0.4, 0.5) is 11.6 Å². The molecule has 2 aromatic heterocycles. The van der Waals surface area contributed by atoms with E-state index in [0.717, 1.165) is 10.9 Å². The van der Waals surface area contributed by atoms with Crippen LogP contribution >= 0.6 is 11.6 Å². The van der Waals surface area contributed by atoms with Gasteiger partial charge in [-0.2, -0.15) is 19.7 Å². The number of fused-ring (bicyclic) bond motifs is 1.